The lowest BCUT2D eigenvalue weighted by molar-refractivity contribution is -0.113. The highest BCUT2D eigenvalue weighted by Gasteiger charge is 2.17. The van der Waals surface area contributed by atoms with Crippen molar-refractivity contribution in [3.63, 3.8) is 0 Å². The molecule has 10 heteroatoms. The second kappa shape index (κ2) is 7.44. The van der Waals surface area contributed by atoms with Gasteiger partial charge in [-0.2, -0.15) is 0 Å². The Morgan fingerprint density at radius 2 is 2.00 bits per heavy atom. The normalized spacial score (nSPS) is 11.8. The summed E-state index contributed by atoms with van der Waals surface area (Å²) in [5, 5.41) is 11.4. The molecule has 0 aliphatic heterocycles. The number of fused-ring (bicyclic) bond motifs is 1. The molecule has 0 saturated heterocycles. The SMILES string of the molecule is CN(C)S(=O)(=O)c1cccc(NC(=O)CSc2nnc3ccccn23)c1. The summed E-state index contributed by atoms with van der Waals surface area (Å²) >= 11 is 1.25. The van der Waals surface area contributed by atoms with Gasteiger partial charge >= 0.3 is 0 Å². The summed E-state index contributed by atoms with van der Waals surface area (Å²) in [6.45, 7) is 0. The van der Waals surface area contributed by atoms with Gasteiger partial charge in [-0.25, -0.2) is 12.7 Å². The number of nitrogens with zero attached hydrogens (tertiary/aromatic N) is 4. The van der Waals surface area contributed by atoms with Crippen molar-refractivity contribution in [3.8, 4) is 0 Å². The predicted molar refractivity (Wildman–Crippen MR) is 99.7 cm³/mol. The minimum absolute atomic E-state index is 0.122. The maximum atomic E-state index is 12.2. The minimum atomic E-state index is -3.55. The maximum absolute atomic E-state index is 12.2. The topological polar surface area (TPSA) is 96.7 Å². The molecule has 3 aromatic rings. The highest BCUT2D eigenvalue weighted by molar-refractivity contribution is 7.99. The molecule has 0 spiro atoms. The fraction of sp³-hybridized carbons (Fsp3) is 0.188. The summed E-state index contributed by atoms with van der Waals surface area (Å²) in [4.78, 5) is 12.3. The predicted octanol–water partition coefficient (Wildman–Crippen LogP) is 1.71. The van der Waals surface area contributed by atoms with E-state index in [1.54, 1.807) is 16.5 Å². The molecular weight excluding hydrogens is 374 g/mol. The lowest BCUT2D eigenvalue weighted by atomic mass is 10.3. The number of carbonyl (C=O) groups excluding carboxylic acids is 1. The third-order valence-electron chi connectivity index (χ3n) is 3.51. The van der Waals surface area contributed by atoms with Gasteiger partial charge < -0.3 is 5.32 Å². The highest BCUT2D eigenvalue weighted by Crippen LogP contribution is 2.20. The van der Waals surface area contributed by atoms with Crippen LogP contribution in [0.25, 0.3) is 5.65 Å². The second-order valence-electron chi connectivity index (χ2n) is 5.56. The summed E-state index contributed by atoms with van der Waals surface area (Å²) in [6, 6.07) is 11.7. The van der Waals surface area contributed by atoms with Crippen molar-refractivity contribution in [1.82, 2.24) is 18.9 Å². The number of carbonyl (C=O) groups is 1. The van der Waals surface area contributed by atoms with Crippen molar-refractivity contribution in [2.24, 2.45) is 0 Å². The van der Waals surface area contributed by atoms with Crippen LogP contribution >= 0.6 is 11.8 Å². The zero-order valence-corrected chi connectivity index (χ0v) is 15.8. The van der Waals surface area contributed by atoms with E-state index in [4.69, 9.17) is 0 Å². The molecule has 0 bridgehead atoms. The minimum Gasteiger partial charge on any atom is -0.325 e. The molecule has 0 radical (unpaired) electrons. The maximum Gasteiger partial charge on any atom is 0.242 e. The first-order chi connectivity index (χ1) is 12.4. The number of rotatable bonds is 6. The standard InChI is InChI=1S/C16H17N5O3S2/c1-20(2)26(23,24)13-7-5-6-12(10-13)17-15(22)11-25-16-19-18-14-8-3-4-9-21(14)16/h3-10H,11H2,1-2H3,(H,17,22). The van der Waals surface area contributed by atoms with Crippen LogP contribution in [-0.2, 0) is 14.8 Å². The van der Waals surface area contributed by atoms with Gasteiger partial charge in [-0.15, -0.1) is 10.2 Å². The van der Waals surface area contributed by atoms with Crippen molar-refractivity contribution in [1.29, 1.82) is 0 Å². The van der Waals surface area contributed by atoms with E-state index in [2.05, 4.69) is 15.5 Å². The number of benzene rings is 1. The summed E-state index contributed by atoms with van der Waals surface area (Å²) in [7, 11) is -0.635. The molecule has 2 aromatic heterocycles. The number of amides is 1. The quantitative estimate of drug-likeness (QED) is 0.643. The monoisotopic (exact) mass is 391 g/mol. The Morgan fingerprint density at radius 1 is 1.19 bits per heavy atom. The van der Waals surface area contributed by atoms with Gasteiger partial charge in [0.1, 0.15) is 0 Å². The van der Waals surface area contributed by atoms with Crippen molar-refractivity contribution < 1.29 is 13.2 Å². The van der Waals surface area contributed by atoms with Crippen LogP contribution in [-0.4, -0.2) is 53.1 Å². The molecule has 136 valence electrons. The van der Waals surface area contributed by atoms with Crippen LogP contribution in [0.15, 0.2) is 58.7 Å². The first kappa shape index (κ1) is 18.4. The average Bonchev–Trinajstić information content (AvgIpc) is 3.03. The van der Waals surface area contributed by atoms with Crippen LogP contribution in [0.3, 0.4) is 0 Å². The molecule has 1 aromatic carbocycles. The zero-order valence-electron chi connectivity index (χ0n) is 14.2. The van der Waals surface area contributed by atoms with Crippen molar-refractivity contribution in [2.75, 3.05) is 25.2 Å². The van der Waals surface area contributed by atoms with E-state index in [0.29, 0.717) is 16.5 Å². The van der Waals surface area contributed by atoms with Gasteiger partial charge in [0.2, 0.25) is 15.9 Å². The molecule has 26 heavy (non-hydrogen) atoms. The molecule has 0 atom stereocenters. The largest absolute Gasteiger partial charge is 0.325 e. The highest BCUT2D eigenvalue weighted by atomic mass is 32.2. The molecule has 1 N–H and O–H groups in total. The Hall–Kier alpha value is -2.43. The Labute approximate surface area is 155 Å². The van der Waals surface area contributed by atoms with Crippen LogP contribution in [0.2, 0.25) is 0 Å². The van der Waals surface area contributed by atoms with Crippen molar-refractivity contribution in [3.05, 3.63) is 48.7 Å². The molecule has 3 rings (SSSR count). The first-order valence-electron chi connectivity index (χ1n) is 7.63. The number of anilines is 1. The Kier molecular flexibility index (Phi) is 5.25. The number of hydrogen-bond donors (Lipinski definition) is 1. The lowest BCUT2D eigenvalue weighted by Gasteiger charge is -2.12. The van der Waals surface area contributed by atoms with Gasteiger partial charge in [0.25, 0.3) is 0 Å². The molecule has 0 aliphatic rings. The number of thioether (sulfide) groups is 1. The van der Waals surface area contributed by atoms with E-state index >= 15 is 0 Å². The molecular formula is C16H17N5O3S2. The Balaban J connectivity index is 1.67. The third-order valence-corrected chi connectivity index (χ3v) is 6.27. The zero-order chi connectivity index (χ0) is 18.7. The molecule has 1 amide bonds. The average molecular weight is 391 g/mol. The number of pyridine rings is 1. The molecule has 0 fully saturated rings. The van der Waals surface area contributed by atoms with Gasteiger partial charge in [-0.05, 0) is 30.3 Å². The Bertz CT molecular complexity index is 1050. The van der Waals surface area contributed by atoms with E-state index < -0.39 is 10.0 Å². The lowest BCUT2D eigenvalue weighted by Crippen LogP contribution is -2.22. The summed E-state index contributed by atoms with van der Waals surface area (Å²) in [5.74, 6) is -0.137. The number of sulfonamides is 1. The summed E-state index contributed by atoms with van der Waals surface area (Å²) in [6.07, 6.45) is 1.82. The first-order valence-corrected chi connectivity index (χ1v) is 10.1. The van der Waals surface area contributed by atoms with Crippen molar-refractivity contribution in [2.45, 2.75) is 10.1 Å². The molecule has 0 aliphatic carbocycles. The molecule has 0 unspecified atom stereocenters. The van der Waals surface area contributed by atoms with Crippen LogP contribution in [0.1, 0.15) is 0 Å². The van der Waals surface area contributed by atoms with Gasteiger partial charge in [-0.3, -0.25) is 9.20 Å². The van der Waals surface area contributed by atoms with E-state index in [1.165, 1.54) is 38.0 Å². The van der Waals surface area contributed by atoms with Gasteiger partial charge in [-0.1, -0.05) is 23.9 Å². The summed E-state index contributed by atoms with van der Waals surface area (Å²) in [5.41, 5.74) is 1.13. The van der Waals surface area contributed by atoms with Crippen LogP contribution in [0.4, 0.5) is 5.69 Å². The van der Waals surface area contributed by atoms with Crippen molar-refractivity contribution >= 4 is 39.0 Å². The smallest absolute Gasteiger partial charge is 0.242 e. The second-order valence-corrected chi connectivity index (χ2v) is 8.66. The number of hydrogen-bond acceptors (Lipinski definition) is 6. The van der Waals surface area contributed by atoms with Crippen LogP contribution < -0.4 is 5.32 Å². The molecule has 2 heterocycles. The number of aromatic nitrogens is 3. The van der Waals surface area contributed by atoms with Gasteiger partial charge in [0.15, 0.2) is 10.8 Å². The third kappa shape index (κ3) is 3.87. The fourth-order valence-corrected chi connectivity index (χ4v) is 3.86. The van der Waals surface area contributed by atoms with Gasteiger partial charge in [0, 0.05) is 26.0 Å². The fourth-order valence-electron chi connectivity index (χ4n) is 2.19. The molecule has 0 saturated carbocycles. The van der Waals surface area contributed by atoms with Crippen LogP contribution in [0, 0.1) is 0 Å². The van der Waals surface area contributed by atoms with Gasteiger partial charge in [0.05, 0.1) is 10.6 Å². The van der Waals surface area contributed by atoms with Crippen LogP contribution in [0.5, 0.6) is 0 Å². The Morgan fingerprint density at radius 3 is 2.77 bits per heavy atom. The number of nitrogens with one attached hydrogen (secondary N) is 1. The van der Waals surface area contributed by atoms with E-state index in [9.17, 15) is 13.2 Å². The van der Waals surface area contributed by atoms with E-state index in [-0.39, 0.29) is 16.6 Å². The van der Waals surface area contributed by atoms with E-state index in [1.807, 2.05) is 24.4 Å². The van der Waals surface area contributed by atoms with E-state index in [0.717, 1.165) is 4.31 Å². The summed E-state index contributed by atoms with van der Waals surface area (Å²) < 4.78 is 27.3. The molecule has 8 nitrogen and oxygen atoms in total.